The number of hydrogen-bond acceptors (Lipinski definition) is 4. The predicted molar refractivity (Wildman–Crippen MR) is 77.0 cm³/mol. The molecule has 0 radical (unpaired) electrons. The van der Waals surface area contributed by atoms with Gasteiger partial charge in [0.15, 0.2) is 0 Å². The van der Waals surface area contributed by atoms with Crippen LogP contribution in [0.1, 0.15) is 31.2 Å². The molecule has 0 bridgehead atoms. The number of ether oxygens (including phenoxy) is 1. The molecule has 0 spiro atoms. The van der Waals surface area contributed by atoms with E-state index >= 15 is 0 Å². The lowest BCUT2D eigenvalue weighted by Gasteiger charge is -2.09. The quantitative estimate of drug-likeness (QED) is 0.810. The fraction of sp³-hybridized carbons (Fsp3) is 0.467. The van der Waals surface area contributed by atoms with E-state index in [1.54, 1.807) is 18.3 Å². The maximum atomic E-state index is 11.8. The van der Waals surface area contributed by atoms with E-state index in [4.69, 9.17) is 10.5 Å². The highest BCUT2D eigenvalue weighted by molar-refractivity contribution is 5.89. The standard InChI is InChI=1S/C15H19N3O2/c16-8-1-3-12-7-9-17-14(11-12)18-15(19)6-5-13-4-2-10-20-13/h7,9,11,13H,2,4-6,8,10,16H2,(H,17,18,19). The number of hydrogen-bond donors (Lipinski definition) is 2. The van der Waals surface area contributed by atoms with E-state index in [0.717, 1.165) is 31.4 Å². The van der Waals surface area contributed by atoms with Gasteiger partial charge in [-0.05, 0) is 31.4 Å². The molecule has 1 unspecified atom stereocenters. The third-order valence-electron chi connectivity index (χ3n) is 3.08. The molecule has 3 N–H and O–H groups in total. The van der Waals surface area contributed by atoms with Crippen LogP contribution in [0.25, 0.3) is 0 Å². The van der Waals surface area contributed by atoms with E-state index in [2.05, 4.69) is 22.1 Å². The summed E-state index contributed by atoms with van der Waals surface area (Å²) in [6.07, 6.45) is 5.21. The number of nitrogens with one attached hydrogen (secondary N) is 1. The van der Waals surface area contributed by atoms with E-state index in [9.17, 15) is 4.79 Å². The number of rotatable bonds is 4. The summed E-state index contributed by atoms with van der Waals surface area (Å²) in [4.78, 5) is 15.9. The Morgan fingerprint density at radius 2 is 2.50 bits per heavy atom. The van der Waals surface area contributed by atoms with Gasteiger partial charge >= 0.3 is 0 Å². The van der Waals surface area contributed by atoms with Crippen molar-refractivity contribution in [2.24, 2.45) is 5.73 Å². The Labute approximate surface area is 118 Å². The minimum Gasteiger partial charge on any atom is -0.378 e. The molecule has 5 heteroatoms. The zero-order valence-electron chi connectivity index (χ0n) is 11.4. The summed E-state index contributed by atoms with van der Waals surface area (Å²) in [5, 5.41) is 2.78. The lowest BCUT2D eigenvalue weighted by atomic mass is 10.1. The molecule has 1 aliphatic heterocycles. The number of nitrogens with two attached hydrogens (primary N) is 1. The van der Waals surface area contributed by atoms with Gasteiger partial charge in [-0.3, -0.25) is 4.79 Å². The Kier molecular flexibility index (Phi) is 5.54. The Bertz CT molecular complexity index is 513. The second-order valence-electron chi connectivity index (χ2n) is 4.66. The molecule has 2 heterocycles. The second-order valence-corrected chi connectivity index (χ2v) is 4.66. The topological polar surface area (TPSA) is 77.2 Å². The number of carbonyl (C=O) groups is 1. The summed E-state index contributed by atoms with van der Waals surface area (Å²) in [5.74, 6) is 6.15. The van der Waals surface area contributed by atoms with Gasteiger partial charge in [0.1, 0.15) is 5.82 Å². The first-order valence-electron chi connectivity index (χ1n) is 6.84. The number of anilines is 1. The molecule has 0 saturated carbocycles. The van der Waals surface area contributed by atoms with E-state index in [-0.39, 0.29) is 12.0 Å². The molecule has 1 atom stereocenters. The lowest BCUT2D eigenvalue weighted by Crippen LogP contribution is -2.15. The van der Waals surface area contributed by atoms with Gasteiger partial charge in [0, 0.05) is 24.8 Å². The van der Waals surface area contributed by atoms with Crippen LogP contribution in [-0.2, 0) is 9.53 Å². The zero-order valence-corrected chi connectivity index (χ0v) is 11.4. The molecule has 20 heavy (non-hydrogen) atoms. The van der Waals surface area contributed by atoms with Crippen molar-refractivity contribution in [3.8, 4) is 11.8 Å². The van der Waals surface area contributed by atoms with Crippen LogP contribution in [0.15, 0.2) is 18.3 Å². The summed E-state index contributed by atoms with van der Waals surface area (Å²) in [6, 6.07) is 3.53. The normalized spacial score (nSPS) is 17.4. The summed E-state index contributed by atoms with van der Waals surface area (Å²) < 4.78 is 5.49. The lowest BCUT2D eigenvalue weighted by molar-refractivity contribution is -0.116. The van der Waals surface area contributed by atoms with Crippen molar-refractivity contribution in [1.29, 1.82) is 0 Å². The summed E-state index contributed by atoms with van der Waals surface area (Å²) in [5.41, 5.74) is 6.12. The highest BCUT2D eigenvalue weighted by Gasteiger charge is 2.16. The van der Waals surface area contributed by atoms with Gasteiger partial charge in [-0.25, -0.2) is 4.98 Å². The molecule has 1 fully saturated rings. The van der Waals surface area contributed by atoms with Crippen molar-refractivity contribution in [3.63, 3.8) is 0 Å². The van der Waals surface area contributed by atoms with Crippen molar-refractivity contribution in [2.75, 3.05) is 18.5 Å². The maximum absolute atomic E-state index is 11.8. The fourth-order valence-corrected chi connectivity index (χ4v) is 2.10. The number of amides is 1. The Hall–Kier alpha value is -1.90. The smallest absolute Gasteiger partial charge is 0.225 e. The third kappa shape index (κ3) is 4.65. The van der Waals surface area contributed by atoms with Crippen molar-refractivity contribution in [3.05, 3.63) is 23.9 Å². The molecule has 1 aromatic rings. The SMILES string of the molecule is NCC#Cc1ccnc(NC(=O)CCC2CCCO2)c1. The predicted octanol–water partition coefficient (Wildman–Crippen LogP) is 1.29. The van der Waals surface area contributed by atoms with E-state index in [1.165, 1.54) is 0 Å². The van der Waals surface area contributed by atoms with Crippen molar-refractivity contribution in [2.45, 2.75) is 31.8 Å². The molecule has 1 aromatic heterocycles. The van der Waals surface area contributed by atoms with E-state index in [1.807, 2.05) is 0 Å². The molecule has 106 valence electrons. The average Bonchev–Trinajstić information content (AvgIpc) is 2.97. The fourth-order valence-electron chi connectivity index (χ4n) is 2.10. The Balaban J connectivity index is 1.83. The first-order valence-corrected chi connectivity index (χ1v) is 6.84. The number of nitrogens with zero attached hydrogens (tertiary/aromatic N) is 1. The van der Waals surface area contributed by atoms with Crippen LogP contribution in [0.4, 0.5) is 5.82 Å². The number of carbonyl (C=O) groups excluding carboxylic acids is 1. The van der Waals surface area contributed by atoms with Gasteiger partial charge in [0.25, 0.3) is 0 Å². The van der Waals surface area contributed by atoms with Crippen LogP contribution in [-0.4, -0.2) is 30.1 Å². The van der Waals surface area contributed by atoms with Gasteiger partial charge < -0.3 is 15.8 Å². The average molecular weight is 273 g/mol. The number of aromatic nitrogens is 1. The summed E-state index contributed by atoms with van der Waals surface area (Å²) in [6.45, 7) is 1.13. The summed E-state index contributed by atoms with van der Waals surface area (Å²) in [7, 11) is 0. The highest BCUT2D eigenvalue weighted by atomic mass is 16.5. The van der Waals surface area contributed by atoms with Gasteiger partial charge in [0.2, 0.25) is 5.91 Å². The molecule has 1 amide bonds. The van der Waals surface area contributed by atoms with Crippen molar-refractivity contribution >= 4 is 11.7 Å². The highest BCUT2D eigenvalue weighted by Crippen LogP contribution is 2.17. The molecule has 0 aliphatic carbocycles. The minimum atomic E-state index is -0.0445. The largest absolute Gasteiger partial charge is 0.378 e. The van der Waals surface area contributed by atoms with Crippen LogP contribution in [0.5, 0.6) is 0 Å². The Morgan fingerprint density at radius 3 is 3.25 bits per heavy atom. The maximum Gasteiger partial charge on any atom is 0.225 e. The molecular weight excluding hydrogens is 254 g/mol. The van der Waals surface area contributed by atoms with Crippen molar-refractivity contribution < 1.29 is 9.53 Å². The zero-order chi connectivity index (χ0) is 14.2. The minimum absolute atomic E-state index is 0.0445. The molecule has 1 saturated heterocycles. The summed E-state index contributed by atoms with van der Waals surface area (Å²) >= 11 is 0. The van der Waals surface area contributed by atoms with Crippen molar-refractivity contribution in [1.82, 2.24) is 4.98 Å². The van der Waals surface area contributed by atoms with Crippen LogP contribution in [0.3, 0.4) is 0 Å². The molecule has 0 aromatic carbocycles. The monoisotopic (exact) mass is 273 g/mol. The molecule has 1 aliphatic rings. The van der Waals surface area contributed by atoms with Gasteiger partial charge in [-0.15, -0.1) is 0 Å². The third-order valence-corrected chi connectivity index (χ3v) is 3.08. The first-order chi connectivity index (χ1) is 9.78. The van der Waals surface area contributed by atoms with Crippen LogP contribution in [0, 0.1) is 11.8 Å². The molecule has 2 rings (SSSR count). The van der Waals surface area contributed by atoms with Crippen LogP contribution in [0.2, 0.25) is 0 Å². The van der Waals surface area contributed by atoms with Gasteiger partial charge in [-0.1, -0.05) is 11.8 Å². The van der Waals surface area contributed by atoms with E-state index < -0.39 is 0 Å². The second kappa shape index (κ2) is 7.63. The first kappa shape index (κ1) is 14.5. The Morgan fingerprint density at radius 1 is 1.60 bits per heavy atom. The van der Waals surface area contributed by atoms with Gasteiger partial charge in [0.05, 0.1) is 12.6 Å². The number of pyridine rings is 1. The molecule has 5 nitrogen and oxygen atoms in total. The van der Waals surface area contributed by atoms with Crippen LogP contribution >= 0.6 is 0 Å². The van der Waals surface area contributed by atoms with Gasteiger partial charge in [-0.2, -0.15) is 0 Å². The van der Waals surface area contributed by atoms with E-state index in [0.29, 0.717) is 18.8 Å². The molecular formula is C15H19N3O2. The van der Waals surface area contributed by atoms with Crippen LogP contribution < -0.4 is 11.1 Å².